The van der Waals surface area contributed by atoms with Crippen LogP contribution in [0.4, 0.5) is 0 Å². The van der Waals surface area contributed by atoms with Gasteiger partial charge in [0.2, 0.25) is 0 Å². The Morgan fingerprint density at radius 1 is 1.53 bits per heavy atom. The molecule has 3 heteroatoms. The molecule has 1 aliphatic rings. The predicted octanol–water partition coefficient (Wildman–Crippen LogP) is 3.62. The lowest BCUT2D eigenvalue weighted by molar-refractivity contribution is 0.119. The van der Waals surface area contributed by atoms with Crippen LogP contribution in [-0.2, 0) is 12.2 Å². The third kappa shape index (κ3) is 2.40. The molecular weight excluding hydrogens is 224 g/mol. The fraction of sp³-hybridized carbons (Fsp3) is 0.667. The number of hydrogen-bond acceptors (Lipinski definition) is 3. The lowest BCUT2D eigenvalue weighted by atomic mass is 10.0. The van der Waals surface area contributed by atoms with Crippen LogP contribution in [0, 0.1) is 5.92 Å². The van der Waals surface area contributed by atoms with Crippen molar-refractivity contribution in [2.45, 2.75) is 38.5 Å². The monoisotopic (exact) mass is 242 g/mol. The van der Waals surface area contributed by atoms with E-state index < -0.39 is 0 Å². The first-order chi connectivity index (χ1) is 7.22. The van der Waals surface area contributed by atoms with Crippen LogP contribution in [0.1, 0.15) is 41.7 Å². The number of fused-ring (bicyclic) bond motifs is 1. The van der Waals surface area contributed by atoms with E-state index in [9.17, 15) is 5.11 Å². The molecule has 0 amide bonds. The van der Waals surface area contributed by atoms with E-state index in [1.807, 2.05) is 23.1 Å². The molecule has 1 aromatic rings. The zero-order valence-electron chi connectivity index (χ0n) is 9.32. The Labute approximate surface area is 99.9 Å². The van der Waals surface area contributed by atoms with Crippen molar-refractivity contribution in [1.82, 2.24) is 0 Å². The lowest BCUT2D eigenvalue weighted by Gasteiger charge is -2.14. The Balaban J connectivity index is 2.18. The zero-order valence-corrected chi connectivity index (χ0v) is 11.0. The molecule has 0 aliphatic carbocycles. The number of aryl methyl sites for hydroxylation is 1. The maximum atomic E-state index is 10.1. The molecule has 0 fully saturated rings. The third-order valence-corrected chi connectivity index (χ3v) is 5.44. The van der Waals surface area contributed by atoms with E-state index in [0.717, 1.165) is 12.2 Å². The molecule has 2 atom stereocenters. The normalized spacial score (nSPS) is 19.7. The van der Waals surface area contributed by atoms with Gasteiger partial charge in [0.05, 0.1) is 6.10 Å². The minimum atomic E-state index is -0.254. The van der Waals surface area contributed by atoms with Crippen LogP contribution < -0.4 is 0 Å². The van der Waals surface area contributed by atoms with Gasteiger partial charge >= 0.3 is 0 Å². The zero-order chi connectivity index (χ0) is 10.8. The molecule has 84 valence electrons. The predicted molar refractivity (Wildman–Crippen MR) is 68.6 cm³/mol. The van der Waals surface area contributed by atoms with E-state index in [2.05, 4.69) is 19.9 Å². The van der Waals surface area contributed by atoms with Crippen molar-refractivity contribution in [1.29, 1.82) is 0 Å². The fourth-order valence-corrected chi connectivity index (χ4v) is 4.32. The van der Waals surface area contributed by atoms with Gasteiger partial charge in [0, 0.05) is 15.5 Å². The van der Waals surface area contributed by atoms with Gasteiger partial charge in [-0.3, -0.25) is 0 Å². The van der Waals surface area contributed by atoms with Gasteiger partial charge in [-0.15, -0.1) is 11.3 Å². The van der Waals surface area contributed by atoms with Crippen molar-refractivity contribution in [3.05, 3.63) is 21.4 Å². The number of hydrogen-bond donors (Lipinski definition) is 1. The van der Waals surface area contributed by atoms with Gasteiger partial charge in [-0.25, -0.2) is 0 Å². The number of aliphatic hydroxyl groups excluding tert-OH is 1. The van der Waals surface area contributed by atoms with Crippen LogP contribution in [0.3, 0.4) is 0 Å². The summed E-state index contributed by atoms with van der Waals surface area (Å²) in [6.45, 7) is 4.26. The highest BCUT2D eigenvalue weighted by atomic mass is 32.2. The van der Waals surface area contributed by atoms with E-state index in [1.54, 1.807) is 0 Å². The summed E-state index contributed by atoms with van der Waals surface area (Å²) < 4.78 is 0. The summed E-state index contributed by atoms with van der Waals surface area (Å²) in [5.74, 6) is 2.75. The molecule has 15 heavy (non-hydrogen) atoms. The molecule has 1 aromatic heterocycles. The first-order valence-corrected chi connectivity index (χ1v) is 7.56. The molecule has 1 N–H and O–H groups in total. The Hall–Kier alpha value is 0.01000. The van der Waals surface area contributed by atoms with Gasteiger partial charge in [-0.2, -0.15) is 11.8 Å². The standard InChI is InChI=1S/C12H18OS2/c1-3-8(2)12(13)11-6-9-7-14-5-4-10(9)15-11/h6,8,12-13H,3-5,7H2,1-2H3. The topological polar surface area (TPSA) is 20.2 Å². The largest absolute Gasteiger partial charge is 0.387 e. The molecule has 0 radical (unpaired) electrons. The summed E-state index contributed by atoms with van der Waals surface area (Å²) in [6.07, 6.45) is 1.98. The second kappa shape index (κ2) is 4.89. The van der Waals surface area contributed by atoms with Crippen molar-refractivity contribution in [3.63, 3.8) is 0 Å². The van der Waals surface area contributed by atoms with Gasteiger partial charge < -0.3 is 5.11 Å². The first kappa shape index (κ1) is 11.5. The van der Waals surface area contributed by atoms with Crippen LogP contribution in [0.5, 0.6) is 0 Å². The molecular formula is C12H18OS2. The summed E-state index contributed by atoms with van der Waals surface area (Å²) in [6, 6.07) is 2.23. The first-order valence-electron chi connectivity index (χ1n) is 5.59. The average Bonchev–Trinajstić information content (AvgIpc) is 2.70. The van der Waals surface area contributed by atoms with E-state index >= 15 is 0 Å². The highest BCUT2D eigenvalue weighted by molar-refractivity contribution is 7.98. The van der Waals surface area contributed by atoms with Crippen LogP contribution in [0.25, 0.3) is 0 Å². The lowest BCUT2D eigenvalue weighted by Crippen LogP contribution is -2.06. The van der Waals surface area contributed by atoms with Gasteiger partial charge in [0.15, 0.2) is 0 Å². The van der Waals surface area contributed by atoms with Gasteiger partial charge in [-0.1, -0.05) is 20.3 Å². The van der Waals surface area contributed by atoms with Crippen molar-refractivity contribution >= 4 is 23.1 Å². The molecule has 2 unspecified atom stereocenters. The third-order valence-electron chi connectivity index (χ3n) is 3.12. The number of aliphatic hydroxyl groups is 1. The summed E-state index contributed by atoms with van der Waals surface area (Å²) in [5, 5.41) is 10.1. The van der Waals surface area contributed by atoms with Crippen molar-refractivity contribution < 1.29 is 5.11 Å². The van der Waals surface area contributed by atoms with Gasteiger partial charge in [-0.05, 0) is 29.7 Å². The maximum absolute atomic E-state index is 10.1. The SMILES string of the molecule is CCC(C)C(O)c1cc2c(s1)CCSC2. The van der Waals surface area contributed by atoms with E-state index in [4.69, 9.17) is 0 Å². The van der Waals surface area contributed by atoms with Gasteiger partial charge in [0.1, 0.15) is 0 Å². The van der Waals surface area contributed by atoms with Crippen LogP contribution in [0.15, 0.2) is 6.07 Å². The molecule has 0 bridgehead atoms. The van der Waals surface area contributed by atoms with E-state index in [1.165, 1.54) is 27.5 Å². The Morgan fingerprint density at radius 3 is 3.00 bits per heavy atom. The maximum Gasteiger partial charge on any atom is 0.0907 e. The van der Waals surface area contributed by atoms with Crippen molar-refractivity contribution in [2.24, 2.45) is 5.92 Å². The number of thiophene rings is 1. The summed E-state index contributed by atoms with van der Waals surface area (Å²) in [4.78, 5) is 2.68. The Kier molecular flexibility index (Phi) is 3.75. The van der Waals surface area contributed by atoms with E-state index in [0.29, 0.717) is 5.92 Å². The minimum absolute atomic E-state index is 0.254. The van der Waals surface area contributed by atoms with Crippen molar-refractivity contribution in [3.8, 4) is 0 Å². The molecule has 0 aromatic carbocycles. The molecule has 2 rings (SSSR count). The summed E-state index contributed by atoms with van der Waals surface area (Å²) in [5.41, 5.74) is 1.47. The van der Waals surface area contributed by atoms with E-state index in [-0.39, 0.29) is 6.10 Å². The Morgan fingerprint density at radius 2 is 2.33 bits per heavy atom. The molecule has 1 nitrogen and oxygen atoms in total. The van der Waals surface area contributed by atoms with Crippen LogP contribution >= 0.6 is 23.1 Å². The highest BCUT2D eigenvalue weighted by Crippen LogP contribution is 2.36. The molecule has 1 aliphatic heterocycles. The van der Waals surface area contributed by atoms with Crippen LogP contribution in [0.2, 0.25) is 0 Å². The molecule has 0 spiro atoms. The van der Waals surface area contributed by atoms with Gasteiger partial charge in [0.25, 0.3) is 0 Å². The molecule has 2 heterocycles. The Bertz CT molecular complexity index is 309. The average molecular weight is 242 g/mol. The number of rotatable bonds is 3. The van der Waals surface area contributed by atoms with Crippen molar-refractivity contribution in [2.75, 3.05) is 5.75 Å². The molecule has 0 saturated carbocycles. The minimum Gasteiger partial charge on any atom is -0.387 e. The summed E-state index contributed by atoms with van der Waals surface area (Å²) >= 11 is 3.83. The highest BCUT2D eigenvalue weighted by Gasteiger charge is 2.20. The smallest absolute Gasteiger partial charge is 0.0907 e. The molecule has 0 saturated heterocycles. The second-order valence-corrected chi connectivity index (χ2v) is 6.50. The number of thioether (sulfide) groups is 1. The van der Waals surface area contributed by atoms with Crippen LogP contribution in [-0.4, -0.2) is 10.9 Å². The quantitative estimate of drug-likeness (QED) is 0.873. The second-order valence-electron chi connectivity index (χ2n) is 4.23. The fourth-order valence-electron chi connectivity index (χ4n) is 1.82. The summed E-state index contributed by atoms with van der Waals surface area (Å²) in [7, 11) is 0.